The van der Waals surface area contributed by atoms with E-state index in [2.05, 4.69) is 19.9 Å². The summed E-state index contributed by atoms with van der Waals surface area (Å²) in [6.07, 6.45) is 23.8. The van der Waals surface area contributed by atoms with Crippen LogP contribution in [0.5, 0.6) is 0 Å². The Balaban J connectivity index is 1.38. The van der Waals surface area contributed by atoms with Crippen molar-refractivity contribution < 1.29 is 0 Å². The van der Waals surface area contributed by atoms with E-state index in [1.54, 1.807) is 0 Å². The van der Waals surface area contributed by atoms with Gasteiger partial charge in [-0.3, -0.25) is 0 Å². The Morgan fingerprint density at radius 3 is 1.63 bits per heavy atom. The molecule has 1 heteroatoms. The fourth-order valence-electron chi connectivity index (χ4n) is 7.09. The van der Waals surface area contributed by atoms with Gasteiger partial charge in [0, 0.05) is 0 Å². The molecule has 27 heavy (non-hydrogen) atoms. The first-order chi connectivity index (χ1) is 13.2. The Morgan fingerprint density at radius 1 is 0.704 bits per heavy atom. The summed E-state index contributed by atoms with van der Waals surface area (Å²) < 4.78 is 0. The van der Waals surface area contributed by atoms with Crippen molar-refractivity contribution in [1.82, 2.24) is 0 Å². The summed E-state index contributed by atoms with van der Waals surface area (Å²) >= 11 is 0. The van der Waals surface area contributed by atoms with Crippen LogP contribution in [0.3, 0.4) is 0 Å². The van der Waals surface area contributed by atoms with Gasteiger partial charge in [-0.2, -0.15) is 5.26 Å². The smallest absolute Gasteiger partial charge is 0.0689 e. The molecule has 3 saturated carbocycles. The molecule has 3 aliphatic rings. The topological polar surface area (TPSA) is 23.8 Å². The van der Waals surface area contributed by atoms with Gasteiger partial charge < -0.3 is 0 Å². The van der Waals surface area contributed by atoms with Gasteiger partial charge in [0.15, 0.2) is 0 Å². The quantitative estimate of drug-likeness (QED) is 0.441. The Bertz CT molecular complexity index is 451. The second-order valence-corrected chi connectivity index (χ2v) is 10.6. The van der Waals surface area contributed by atoms with Gasteiger partial charge in [-0.15, -0.1) is 0 Å². The number of hydrogen-bond acceptors (Lipinski definition) is 1. The van der Waals surface area contributed by atoms with E-state index in [4.69, 9.17) is 0 Å². The lowest BCUT2D eigenvalue weighted by Crippen LogP contribution is -2.32. The summed E-state index contributed by atoms with van der Waals surface area (Å²) in [6, 6.07) is 2.71. The largest absolute Gasteiger partial charge is 0.198 e. The van der Waals surface area contributed by atoms with E-state index in [1.165, 1.54) is 103 Å². The molecule has 0 unspecified atom stereocenters. The maximum atomic E-state index is 9.66. The van der Waals surface area contributed by atoms with Gasteiger partial charge >= 0.3 is 0 Å². The van der Waals surface area contributed by atoms with Crippen molar-refractivity contribution in [3.8, 4) is 6.07 Å². The SMILES string of the molecule is CCCCC1CCC(C2CCC(C3CCC(C#N)(CCC)CC3)CC2)CC1. The third kappa shape index (κ3) is 5.52. The molecular formula is C26H45N. The molecule has 154 valence electrons. The zero-order valence-corrected chi connectivity index (χ0v) is 18.4. The molecule has 0 bridgehead atoms. The Morgan fingerprint density at radius 2 is 1.19 bits per heavy atom. The molecule has 0 amide bonds. The van der Waals surface area contributed by atoms with E-state index in [1.807, 2.05) is 0 Å². The number of unbranched alkanes of at least 4 members (excludes halogenated alkanes) is 1. The zero-order chi connectivity index (χ0) is 19.1. The average molecular weight is 372 g/mol. The summed E-state index contributed by atoms with van der Waals surface area (Å²) in [4.78, 5) is 0. The molecule has 3 aliphatic carbocycles. The van der Waals surface area contributed by atoms with E-state index < -0.39 is 0 Å². The molecule has 0 N–H and O–H groups in total. The molecule has 0 aromatic carbocycles. The lowest BCUT2D eigenvalue weighted by atomic mass is 9.62. The van der Waals surface area contributed by atoms with Crippen molar-refractivity contribution in [1.29, 1.82) is 5.26 Å². The number of nitriles is 1. The van der Waals surface area contributed by atoms with Crippen molar-refractivity contribution in [3.63, 3.8) is 0 Å². The van der Waals surface area contributed by atoms with Crippen LogP contribution >= 0.6 is 0 Å². The van der Waals surface area contributed by atoms with Crippen LogP contribution in [0.4, 0.5) is 0 Å². The fraction of sp³-hybridized carbons (Fsp3) is 0.962. The molecule has 0 atom stereocenters. The van der Waals surface area contributed by atoms with Crippen LogP contribution in [-0.4, -0.2) is 0 Å². The van der Waals surface area contributed by atoms with Crippen molar-refractivity contribution in [2.75, 3.05) is 0 Å². The Labute approximate surface area is 169 Å². The predicted octanol–water partition coefficient (Wildman–Crippen LogP) is 8.29. The fourth-order valence-corrected chi connectivity index (χ4v) is 7.09. The van der Waals surface area contributed by atoms with Gasteiger partial charge in [0.2, 0.25) is 0 Å². The summed E-state index contributed by atoms with van der Waals surface area (Å²) in [5.74, 6) is 5.10. The lowest BCUT2D eigenvalue weighted by Gasteiger charge is -2.43. The molecule has 3 fully saturated rings. The average Bonchev–Trinajstić information content (AvgIpc) is 2.73. The summed E-state index contributed by atoms with van der Waals surface area (Å²) in [5.41, 5.74) is 0.0405. The molecule has 0 aromatic heterocycles. The van der Waals surface area contributed by atoms with Gasteiger partial charge in [-0.25, -0.2) is 0 Å². The van der Waals surface area contributed by atoms with Crippen molar-refractivity contribution in [2.24, 2.45) is 35.0 Å². The van der Waals surface area contributed by atoms with Crippen LogP contribution in [0.1, 0.15) is 123 Å². The Hall–Kier alpha value is -0.510. The zero-order valence-electron chi connectivity index (χ0n) is 18.4. The molecule has 0 radical (unpaired) electrons. The van der Waals surface area contributed by atoms with Gasteiger partial charge in [-0.1, -0.05) is 52.4 Å². The molecule has 0 saturated heterocycles. The van der Waals surface area contributed by atoms with Gasteiger partial charge in [-0.05, 0) is 100 Å². The van der Waals surface area contributed by atoms with Gasteiger partial charge in [0.1, 0.15) is 0 Å². The Kier molecular flexibility index (Phi) is 8.10. The monoisotopic (exact) mass is 371 g/mol. The minimum Gasteiger partial charge on any atom is -0.198 e. The summed E-state index contributed by atoms with van der Waals surface area (Å²) in [7, 11) is 0. The van der Waals surface area contributed by atoms with Crippen LogP contribution < -0.4 is 0 Å². The van der Waals surface area contributed by atoms with Gasteiger partial charge in [0.25, 0.3) is 0 Å². The standard InChI is InChI=1S/C26H45N/c1-3-5-6-21-7-9-22(10-8-21)23-11-13-24(14-12-23)25-15-18-26(20-27,17-4-2)19-16-25/h21-25H,3-19H2,1-2H3. The van der Waals surface area contributed by atoms with E-state index in [-0.39, 0.29) is 5.41 Å². The van der Waals surface area contributed by atoms with Gasteiger partial charge in [0.05, 0.1) is 11.5 Å². The molecule has 1 nitrogen and oxygen atoms in total. The molecule has 0 heterocycles. The second kappa shape index (κ2) is 10.3. The minimum absolute atomic E-state index is 0.0405. The van der Waals surface area contributed by atoms with E-state index in [0.717, 1.165) is 36.0 Å². The van der Waals surface area contributed by atoms with Crippen LogP contribution in [0.25, 0.3) is 0 Å². The lowest BCUT2D eigenvalue weighted by molar-refractivity contribution is 0.0903. The minimum atomic E-state index is 0.0405. The maximum Gasteiger partial charge on any atom is 0.0689 e. The highest BCUT2D eigenvalue weighted by atomic mass is 14.4. The molecule has 0 spiro atoms. The highest BCUT2D eigenvalue weighted by Gasteiger charge is 2.39. The molecular weight excluding hydrogens is 326 g/mol. The molecule has 0 aromatic rings. The van der Waals surface area contributed by atoms with Crippen molar-refractivity contribution >= 4 is 0 Å². The van der Waals surface area contributed by atoms with Crippen molar-refractivity contribution in [2.45, 2.75) is 123 Å². The first-order valence-electron chi connectivity index (χ1n) is 12.6. The van der Waals surface area contributed by atoms with Crippen LogP contribution in [0.2, 0.25) is 0 Å². The summed E-state index contributed by atoms with van der Waals surface area (Å²) in [6.45, 7) is 4.57. The van der Waals surface area contributed by atoms with Crippen LogP contribution in [0.15, 0.2) is 0 Å². The number of hydrogen-bond donors (Lipinski definition) is 0. The maximum absolute atomic E-state index is 9.66. The highest BCUT2D eigenvalue weighted by molar-refractivity contribution is 5.02. The van der Waals surface area contributed by atoms with Crippen molar-refractivity contribution in [3.05, 3.63) is 0 Å². The van der Waals surface area contributed by atoms with Crippen LogP contribution in [-0.2, 0) is 0 Å². The van der Waals surface area contributed by atoms with E-state index in [9.17, 15) is 5.26 Å². The highest BCUT2D eigenvalue weighted by Crippen LogP contribution is 2.49. The van der Waals surface area contributed by atoms with E-state index >= 15 is 0 Å². The second-order valence-electron chi connectivity index (χ2n) is 10.6. The third-order valence-corrected chi connectivity index (χ3v) is 8.96. The molecule has 0 aliphatic heterocycles. The van der Waals surface area contributed by atoms with Crippen LogP contribution in [0, 0.1) is 46.3 Å². The first-order valence-corrected chi connectivity index (χ1v) is 12.6. The third-order valence-electron chi connectivity index (χ3n) is 8.96. The summed E-state index contributed by atoms with van der Waals surface area (Å²) in [5, 5.41) is 9.66. The van der Waals surface area contributed by atoms with E-state index in [0.29, 0.717) is 0 Å². The first kappa shape index (κ1) is 21.2. The number of nitrogens with zero attached hydrogens (tertiary/aromatic N) is 1. The predicted molar refractivity (Wildman–Crippen MR) is 115 cm³/mol. The molecule has 3 rings (SSSR count). The normalized spacial score (nSPS) is 40.4. The number of rotatable bonds is 7.